The molecule has 5 nitrogen and oxygen atoms in total. The van der Waals surface area contributed by atoms with Gasteiger partial charge in [0.05, 0.1) is 30.7 Å². The van der Waals surface area contributed by atoms with Gasteiger partial charge in [-0.1, -0.05) is 0 Å². The molecule has 1 saturated heterocycles. The van der Waals surface area contributed by atoms with E-state index in [2.05, 4.69) is 14.9 Å². The van der Waals surface area contributed by atoms with E-state index in [0.29, 0.717) is 6.54 Å². The molecule has 1 fully saturated rings. The number of aliphatic hydroxyl groups excluding tert-OH is 1. The van der Waals surface area contributed by atoms with E-state index in [1.807, 2.05) is 0 Å². The first-order chi connectivity index (χ1) is 7.35. The molecule has 1 aromatic rings. The number of hydrogen-bond donors (Lipinski definition) is 2. The zero-order chi connectivity index (χ0) is 10.7. The first-order valence-electron chi connectivity index (χ1n) is 5.23. The van der Waals surface area contributed by atoms with E-state index in [1.54, 1.807) is 12.4 Å². The number of nitrogens with two attached hydrogens (primary N) is 1. The number of aromatic nitrogens is 2. The molecule has 0 radical (unpaired) electrons. The monoisotopic (exact) mass is 208 g/mol. The van der Waals surface area contributed by atoms with Crippen molar-refractivity contribution in [3.05, 3.63) is 18.1 Å². The molecule has 1 aliphatic rings. The summed E-state index contributed by atoms with van der Waals surface area (Å²) < 4.78 is 0. The van der Waals surface area contributed by atoms with E-state index >= 15 is 0 Å². The lowest BCUT2D eigenvalue weighted by Gasteiger charge is -2.23. The Morgan fingerprint density at radius 3 is 2.93 bits per heavy atom. The molecule has 0 amide bonds. The van der Waals surface area contributed by atoms with Gasteiger partial charge < -0.3 is 15.7 Å². The van der Waals surface area contributed by atoms with Crippen LogP contribution in [0.15, 0.2) is 12.4 Å². The van der Waals surface area contributed by atoms with Gasteiger partial charge in [-0.15, -0.1) is 0 Å². The average molecular weight is 208 g/mol. The third-order valence-corrected chi connectivity index (χ3v) is 2.78. The van der Waals surface area contributed by atoms with Crippen molar-refractivity contribution >= 4 is 5.82 Å². The summed E-state index contributed by atoms with van der Waals surface area (Å²) in [6.45, 7) is 1.54. The summed E-state index contributed by atoms with van der Waals surface area (Å²) >= 11 is 0. The Morgan fingerprint density at radius 2 is 2.33 bits per heavy atom. The van der Waals surface area contributed by atoms with Crippen LogP contribution in [0.25, 0.3) is 0 Å². The molecule has 0 saturated carbocycles. The Bertz CT molecular complexity index is 314. The lowest BCUT2D eigenvalue weighted by Crippen LogP contribution is -2.32. The van der Waals surface area contributed by atoms with Crippen molar-refractivity contribution in [2.24, 2.45) is 5.73 Å². The normalized spacial score (nSPS) is 20.9. The highest BCUT2D eigenvalue weighted by Crippen LogP contribution is 2.22. The zero-order valence-corrected chi connectivity index (χ0v) is 8.63. The molecule has 1 atom stereocenters. The molecule has 0 spiro atoms. The lowest BCUT2D eigenvalue weighted by molar-refractivity contribution is 0.266. The van der Waals surface area contributed by atoms with Crippen LogP contribution in [0.1, 0.15) is 18.5 Å². The minimum Gasteiger partial charge on any atom is -0.394 e. The fourth-order valence-corrected chi connectivity index (χ4v) is 1.93. The maximum Gasteiger partial charge on any atom is 0.147 e. The SMILES string of the molecule is NCc1cnc(N2CCCC2CO)cn1. The van der Waals surface area contributed by atoms with Crippen LogP contribution < -0.4 is 10.6 Å². The van der Waals surface area contributed by atoms with Gasteiger partial charge in [-0.3, -0.25) is 4.98 Å². The second-order valence-corrected chi connectivity index (χ2v) is 3.74. The topological polar surface area (TPSA) is 75.3 Å². The van der Waals surface area contributed by atoms with E-state index in [1.165, 1.54) is 0 Å². The van der Waals surface area contributed by atoms with Crippen molar-refractivity contribution < 1.29 is 5.11 Å². The summed E-state index contributed by atoms with van der Waals surface area (Å²) in [5.74, 6) is 0.837. The predicted octanol–water partition coefficient (Wildman–Crippen LogP) is -0.104. The molecule has 1 aromatic heterocycles. The summed E-state index contributed by atoms with van der Waals surface area (Å²) in [5, 5.41) is 9.19. The van der Waals surface area contributed by atoms with Crippen molar-refractivity contribution in [1.82, 2.24) is 9.97 Å². The first kappa shape index (κ1) is 10.3. The van der Waals surface area contributed by atoms with Crippen LogP contribution in [0.4, 0.5) is 5.82 Å². The number of anilines is 1. The number of rotatable bonds is 3. The summed E-state index contributed by atoms with van der Waals surface area (Å²) in [6, 6.07) is 0.197. The van der Waals surface area contributed by atoms with Gasteiger partial charge in [0.2, 0.25) is 0 Å². The minimum atomic E-state index is 0.181. The summed E-state index contributed by atoms with van der Waals surface area (Å²) in [6.07, 6.45) is 5.56. The average Bonchev–Trinajstić information content (AvgIpc) is 2.77. The van der Waals surface area contributed by atoms with Gasteiger partial charge in [-0.25, -0.2) is 4.98 Å². The fourth-order valence-electron chi connectivity index (χ4n) is 1.93. The third-order valence-electron chi connectivity index (χ3n) is 2.78. The van der Waals surface area contributed by atoms with Crippen LogP contribution in [-0.4, -0.2) is 34.3 Å². The van der Waals surface area contributed by atoms with Crippen molar-refractivity contribution in [3.63, 3.8) is 0 Å². The van der Waals surface area contributed by atoms with Crippen LogP contribution in [-0.2, 0) is 6.54 Å². The highest BCUT2D eigenvalue weighted by atomic mass is 16.3. The molecule has 1 aliphatic heterocycles. The number of hydrogen-bond acceptors (Lipinski definition) is 5. The highest BCUT2D eigenvalue weighted by Gasteiger charge is 2.24. The van der Waals surface area contributed by atoms with Crippen LogP contribution in [0, 0.1) is 0 Å². The van der Waals surface area contributed by atoms with Gasteiger partial charge in [0.15, 0.2) is 0 Å². The third kappa shape index (κ3) is 2.08. The molecular formula is C10H16N4O. The van der Waals surface area contributed by atoms with Gasteiger partial charge in [0.1, 0.15) is 5.82 Å². The van der Waals surface area contributed by atoms with Gasteiger partial charge >= 0.3 is 0 Å². The molecule has 15 heavy (non-hydrogen) atoms. The quantitative estimate of drug-likeness (QED) is 0.725. The minimum absolute atomic E-state index is 0.181. The molecule has 1 unspecified atom stereocenters. The molecule has 2 heterocycles. The van der Waals surface area contributed by atoms with E-state index in [0.717, 1.165) is 30.9 Å². The van der Waals surface area contributed by atoms with Crippen molar-refractivity contribution in [2.75, 3.05) is 18.1 Å². The molecule has 5 heteroatoms. The van der Waals surface area contributed by atoms with E-state index < -0.39 is 0 Å². The lowest BCUT2D eigenvalue weighted by atomic mass is 10.2. The van der Waals surface area contributed by atoms with Crippen molar-refractivity contribution in [2.45, 2.75) is 25.4 Å². The summed E-state index contributed by atoms with van der Waals surface area (Å²) in [4.78, 5) is 10.6. The van der Waals surface area contributed by atoms with Gasteiger partial charge in [-0.05, 0) is 12.8 Å². The zero-order valence-electron chi connectivity index (χ0n) is 8.63. The predicted molar refractivity (Wildman–Crippen MR) is 57.4 cm³/mol. The summed E-state index contributed by atoms with van der Waals surface area (Å²) in [5.41, 5.74) is 6.24. The molecular weight excluding hydrogens is 192 g/mol. The highest BCUT2D eigenvalue weighted by molar-refractivity contribution is 5.38. The Balaban J connectivity index is 2.14. The largest absolute Gasteiger partial charge is 0.394 e. The molecule has 2 rings (SSSR count). The molecule has 0 aliphatic carbocycles. The standard InChI is InChI=1S/C10H16N4O/c11-4-8-5-13-10(6-12-8)14-3-1-2-9(14)7-15/h5-6,9,15H,1-4,7,11H2. The maximum absolute atomic E-state index is 9.19. The molecule has 82 valence electrons. The Kier molecular flexibility index (Phi) is 3.13. The number of aliphatic hydroxyl groups is 1. The van der Waals surface area contributed by atoms with Crippen LogP contribution in [0.3, 0.4) is 0 Å². The van der Waals surface area contributed by atoms with Crippen molar-refractivity contribution in [3.8, 4) is 0 Å². The molecule has 0 aromatic carbocycles. The van der Waals surface area contributed by atoms with Gasteiger partial charge in [0, 0.05) is 13.1 Å². The Labute approximate surface area is 88.9 Å². The van der Waals surface area contributed by atoms with Crippen LogP contribution >= 0.6 is 0 Å². The van der Waals surface area contributed by atoms with E-state index in [-0.39, 0.29) is 12.6 Å². The number of nitrogens with zero attached hydrogens (tertiary/aromatic N) is 3. The maximum atomic E-state index is 9.19. The second-order valence-electron chi connectivity index (χ2n) is 3.74. The first-order valence-corrected chi connectivity index (χ1v) is 5.23. The van der Waals surface area contributed by atoms with Crippen LogP contribution in [0.2, 0.25) is 0 Å². The van der Waals surface area contributed by atoms with E-state index in [4.69, 9.17) is 5.73 Å². The van der Waals surface area contributed by atoms with Crippen LogP contribution in [0.5, 0.6) is 0 Å². The fraction of sp³-hybridized carbons (Fsp3) is 0.600. The Morgan fingerprint density at radius 1 is 1.47 bits per heavy atom. The van der Waals surface area contributed by atoms with Crippen molar-refractivity contribution in [1.29, 1.82) is 0 Å². The summed E-state index contributed by atoms with van der Waals surface area (Å²) in [7, 11) is 0. The molecule has 3 N–H and O–H groups in total. The van der Waals surface area contributed by atoms with Gasteiger partial charge in [-0.2, -0.15) is 0 Å². The smallest absolute Gasteiger partial charge is 0.147 e. The van der Waals surface area contributed by atoms with Gasteiger partial charge in [0.25, 0.3) is 0 Å². The van der Waals surface area contributed by atoms with E-state index in [9.17, 15) is 5.11 Å². The molecule has 0 bridgehead atoms. The second kappa shape index (κ2) is 4.55. The Hall–Kier alpha value is -1.20.